The van der Waals surface area contributed by atoms with Crippen molar-refractivity contribution in [2.45, 2.75) is 52.6 Å². The lowest BCUT2D eigenvalue weighted by Gasteiger charge is -2.18. The maximum atomic E-state index is 5.12. The molecule has 0 aromatic rings. The Balaban J connectivity index is 3.59. The van der Waals surface area contributed by atoms with Crippen LogP contribution < -0.4 is 10.6 Å². The van der Waals surface area contributed by atoms with E-state index < -0.39 is 0 Å². The average molecular weight is 188 g/mol. The van der Waals surface area contributed by atoms with Crippen LogP contribution in [0, 0.1) is 0 Å². The quantitative estimate of drug-likeness (QED) is 0.660. The number of hydrogen-bond donors (Lipinski definition) is 2. The molecule has 0 amide bonds. The molecule has 2 N–H and O–H groups in total. The maximum absolute atomic E-state index is 5.12. The van der Waals surface area contributed by atoms with Crippen LogP contribution in [-0.2, 0) is 0 Å². The van der Waals surface area contributed by atoms with Crippen molar-refractivity contribution >= 4 is 17.3 Å². The van der Waals surface area contributed by atoms with Crippen LogP contribution in [0.15, 0.2) is 0 Å². The molecule has 0 aliphatic carbocycles. The van der Waals surface area contributed by atoms with E-state index in [-0.39, 0.29) is 0 Å². The minimum Gasteiger partial charge on any atom is -0.360 e. The van der Waals surface area contributed by atoms with Gasteiger partial charge in [-0.25, -0.2) is 0 Å². The lowest BCUT2D eigenvalue weighted by Crippen LogP contribution is -2.43. The summed E-state index contributed by atoms with van der Waals surface area (Å²) in [5, 5.41) is 7.21. The Hall–Kier alpha value is -0.310. The first-order chi connectivity index (χ1) is 5.60. The zero-order valence-corrected chi connectivity index (χ0v) is 9.29. The van der Waals surface area contributed by atoms with Crippen LogP contribution in [0.4, 0.5) is 0 Å². The number of thiocarbonyl (C=S) groups is 1. The molecule has 0 saturated heterocycles. The fourth-order valence-corrected chi connectivity index (χ4v) is 1.10. The van der Waals surface area contributed by atoms with Crippen LogP contribution in [0.1, 0.15) is 40.5 Å². The summed E-state index contributed by atoms with van der Waals surface area (Å²) in [5.41, 5.74) is 0. The van der Waals surface area contributed by atoms with Crippen LogP contribution in [0.25, 0.3) is 0 Å². The highest BCUT2D eigenvalue weighted by Gasteiger charge is 2.03. The van der Waals surface area contributed by atoms with Crippen molar-refractivity contribution in [1.29, 1.82) is 0 Å². The van der Waals surface area contributed by atoms with Gasteiger partial charge in [-0.15, -0.1) is 0 Å². The van der Waals surface area contributed by atoms with Crippen LogP contribution in [0.2, 0.25) is 0 Å². The Labute approximate surface area is 81.1 Å². The first-order valence-electron chi connectivity index (χ1n) is 4.67. The molecule has 0 aliphatic heterocycles. The summed E-state index contributed by atoms with van der Waals surface area (Å²) in [7, 11) is 0. The SMILES string of the molecule is CC[C@@H](C)NC(=S)N[C@H](C)CC. The standard InChI is InChI=1S/C9H20N2S/c1-5-7(3)10-9(12)11-8(4)6-2/h7-8H,5-6H2,1-4H3,(H2,10,11,12)/t7-,8-/m1/s1. The molecule has 2 nitrogen and oxygen atoms in total. The van der Waals surface area contributed by atoms with Gasteiger partial charge in [0.05, 0.1) is 0 Å². The molecule has 0 spiro atoms. The van der Waals surface area contributed by atoms with Gasteiger partial charge < -0.3 is 10.6 Å². The summed E-state index contributed by atoms with van der Waals surface area (Å²) in [6.07, 6.45) is 2.20. The third kappa shape index (κ3) is 5.35. The summed E-state index contributed by atoms with van der Waals surface area (Å²) >= 11 is 5.12. The third-order valence-corrected chi connectivity index (χ3v) is 2.22. The van der Waals surface area contributed by atoms with Gasteiger partial charge in [-0.3, -0.25) is 0 Å². The summed E-state index contributed by atoms with van der Waals surface area (Å²) < 4.78 is 0. The van der Waals surface area contributed by atoms with Crippen molar-refractivity contribution in [3.05, 3.63) is 0 Å². The molecular weight excluding hydrogens is 168 g/mol. The fourth-order valence-electron chi connectivity index (χ4n) is 0.693. The largest absolute Gasteiger partial charge is 0.360 e. The van der Waals surface area contributed by atoms with Crippen LogP contribution in [0.3, 0.4) is 0 Å². The van der Waals surface area contributed by atoms with E-state index in [9.17, 15) is 0 Å². The van der Waals surface area contributed by atoms with E-state index in [1.807, 2.05) is 0 Å². The first kappa shape index (κ1) is 11.7. The number of nitrogens with one attached hydrogen (secondary N) is 2. The molecule has 0 rings (SSSR count). The normalized spacial score (nSPS) is 15.0. The van der Waals surface area contributed by atoms with Gasteiger partial charge in [0, 0.05) is 12.1 Å². The summed E-state index contributed by atoms with van der Waals surface area (Å²) in [6, 6.07) is 0.933. The predicted octanol–water partition coefficient (Wildman–Crippen LogP) is 2.05. The van der Waals surface area contributed by atoms with E-state index >= 15 is 0 Å². The maximum Gasteiger partial charge on any atom is 0.166 e. The smallest absolute Gasteiger partial charge is 0.166 e. The Kier molecular flexibility index (Phi) is 6.07. The third-order valence-electron chi connectivity index (χ3n) is 1.98. The molecule has 0 aliphatic rings. The minimum absolute atomic E-state index is 0.467. The average Bonchev–Trinajstić information content (AvgIpc) is 2.03. The minimum atomic E-state index is 0.467. The van der Waals surface area contributed by atoms with Crippen molar-refractivity contribution in [3.63, 3.8) is 0 Å². The van der Waals surface area contributed by atoms with E-state index in [0.29, 0.717) is 12.1 Å². The van der Waals surface area contributed by atoms with Gasteiger partial charge in [-0.1, -0.05) is 13.8 Å². The van der Waals surface area contributed by atoms with Gasteiger partial charge in [-0.2, -0.15) is 0 Å². The molecule has 0 heterocycles. The molecule has 0 fully saturated rings. The number of rotatable bonds is 4. The second kappa shape index (κ2) is 6.23. The van der Waals surface area contributed by atoms with Crippen molar-refractivity contribution in [1.82, 2.24) is 10.6 Å². The van der Waals surface area contributed by atoms with Gasteiger partial charge in [0.15, 0.2) is 5.11 Å². The molecule has 0 radical (unpaired) electrons. The highest BCUT2D eigenvalue weighted by atomic mass is 32.1. The fraction of sp³-hybridized carbons (Fsp3) is 0.889. The number of hydrogen-bond acceptors (Lipinski definition) is 1. The van der Waals surface area contributed by atoms with Gasteiger partial charge >= 0.3 is 0 Å². The molecule has 12 heavy (non-hydrogen) atoms. The summed E-state index contributed by atoms with van der Waals surface area (Å²) in [4.78, 5) is 0. The molecule has 0 aromatic carbocycles. The zero-order chi connectivity index (χ0) is 9.56. The molecule has 72 valence electrons. The molecule has 3 heteroatoms. The topological polar surface area (TPSA) is 24.1 Å². The van der Waals surface area contributed by atoms with Gasteiger partial charge in [0.1, 0.15) is 0 Å². The van der Waals surface area contributed by atoms with Crippen molar-refractivity contribution < 1.29 is 0 Å². The zero-order valence-electron chi connectivity index (χ0n) is 8.48. The van der Waals surface area contributed by atoms with E-state index in [0.717, 1.165) is 18.0 Å². The molecule has 0 aromatic heterocycles. The highest BCUT2D eigenvalue weighted by molar-refractivity contribution is 7.80. The lowest BCUT2D eigenvalue weighted by atomic mass is 10.2. The van der Waals surface area contributed by atoms with E-state index in [1.54, 1.807) is 0 Å². The van der Waals surface area contributed by atoms with E-state index in [2.05, 4.69) is 38.3 Å². The second-order valence-electron chi connectivity index (χ2n) is 3.24. The Morgan fingerprint density at radius 3 is 1.67 bits per heavy atom. The second-order valence-corrected chi connectivity index (χ2v) is 3.64. The van der Waals surface area contributed by atoms with Crippen LogP contribution in [-0.4, -0.2) is 17.2 Å². The van der Waals surface area contributed by atoms with Crippen molar-refractivity contribution in [2.75, 3.05) is 0 Å². The van der Waals surface area contributed by atoms with Gasteiger partial charge in [0.25, 0.3) is 0 Å². The molecule has 0 bridgehead atoms. The molecule has 0 saturated carbocycles. The van der Waals surface area contributed by atoms with Crippen molar-refractivity contribution in [3.8, 4) is 0 Å². The molecular formula is C9H20N2S. The predicted molar refractivity (Wildman–Crippen MR) is 58.4 cm³/mol. The Morgan fingerprint density at radius 1 is 1.08 bits per heavy atom. The Morgan fingerprint density at radius 2 is 1.42 bits per heavy atom. The molecule has 0 unspecified atom stereocenters. The molecule has 2 atom stereocenters. The van der Waals surface area contributed by atoms with E-state index in [1.165, 1.54) is 0 Å². The van der Waals surface area contributed by atoms with Gasteiger partial charge in [-0.05, 0) is 38.9 Å². The monoisotopic (exact) mass is 188 g/mol. The van der Waals surface area contributed by atoms with E-state index in [4.69, 9.17) is 12.2 Å². The Bertz CT molecular complexity index is 122. The summed E-state index contributed by atoms with van der Waals surface area (Å²) in [6.45, 7) is 8.54. The highest BCUT2D eigenvalue weighted by Crippen LogP contribution is 1.90. The van der Waals surface area contributed by atoms with Gasteiger partial charge in [0.2, 0.25) is 0 Å². The van der Waals surface area contributed by atoms with Crippen molar-refractivity contribution in [2.24, 2.45) is 0 Å². The first-order valence-corrected chi connectivity index (χ1v) is 5.08. The summed E-state index contributed by atoms with van der Waals surface area (Å²) in [5.74, 6) is 0. The lowest BCUT2D eigenvalue weighted by molar-refractivity contribution is 0.594. The van der Waals surface area contributed by atoms with Crippen LogP contribution >= 0.6 is 12.2 Å². The van der Waals surface area contributed by atoms with Crippen LogP contribution in [0.5, 0.6) is 0 Å².